The van der Waals surface area contributed by atoms with Gasteiger partial charge in [-0.1, -0.05) is 42.6 Å². The lowest BCUT2D eigenvalue weighted by Crippen LogP contribution is -2.44. The van der Waals surface area contributed by atoms with Crippen LogP contribution in [0.3, 0.4) is 0 Å². The Bertz CT molecular complexity index is 1000. The van der Waals surface area contributed by atoms with Gasteiger partial charge in [-0.3, -0.25) is 0 Å². The van der Waals surface area contributed by atoms with Crippen LogP contribution in [0.25, 0.3) is 0 Å². The lowest BCUT2D eigenvalue weighted by molar-refractivity contribution is 0.521. The van der Waals surface area contributed by atoms with Gasteiger partial charge in [0, 0.05) is 28.5 Å². The molecule has 0 bridgehead atoms. The van der Waals surface area contributed by atoms with E-state index in [9.17, 15) is 0 Å². The highest BCUT2D eigenvalue weighted by molar-refractivity contribution is 7.80. The van der Waals surface area contributed by atoms with E-state index in [1.165, 1.54) is 5.56 Å². The highest BCUT2D eigenvalue weighted by Crippen LogP contribution is 2.40. The van der Waals surface area contributed by atoms with Gasteiger partial charge in [0.2, 0.25) is 0 Å². The van der Waals surface area contributed by atoms with Crippen LogP contribution in [0.2, 0.25) is 5.02 Å². The van der Waals surface area contributed by atoms with E-state index in [0.717, 1.165) is 42.1 Å². The topological polar surface area (TPSA) is 58.9 Å². The number of benzene rings is 2. The number of thiocarbonyl (C=S) groups is 1. The number of halogens is 1. The summed E-state index contributed by atoms with van der Waals surface area (Å²) in [6.45, 7) is 5.00. The number of nitrogens with one attached hydrogen (secondary N) is 1. The summed E-state index contributed by atoms with van der Waals surface area (Å²) >= 11 is 11.8. The molecule has 3 aromatic rings. The van der Waals surface area contributed by atoms with Crippen molar-refractivity contribution >= 4 is 40.3 Å². The van der Waals surface area contributed by atoms with Crippen LogP contribution in [0.5, 0.6) is 0 Å². The predicted octanol–water partition coefficient (Wildman–Crippen LogP) is 4.74. The molecule has 1 N–H and O–H groups in total. The molecule has 8 heteroatoms. The van der Waals surface area contributed by atoms with Crippen molar-refractivity contribution in [2.45, 2.75) is 39.3 Å². The molecule has 0 aliphatic carbocycles. The Balaban J connectivity index is 1.88. The zero-order valence-corrected chi connectivity index (χ0v) is 17.3. The molecule has 28 heavy (non-hydrogen) atoms. The first kappa shape index (κ1) is 18.8. The third-order valence-electron chi connectivity index (χ3n) is 4.85. The van der Waals surface area contributed by atoms with Crippen molar-refractivity contribution in [1.29, 1.82) is 0 Å². The number of unbranched alkanes of at least 4 members (excludes halogenated alkanes) is 1. The maximum atomic E-state index is 6.10. The van der Waals surface area contributed by atoms with Crippen molar-refractivity contribution in [2.75, 3.05) is 10.2 Å². The van der Waals surface area contributed by atoms with Gasteiger partial charge in [0.15, 0.2) is 10.9 Å². The highest BCUT2D eigenvalue weighted by Gasteiger charge is 2.36. The quantitative estimate of drug-likeness (QED) is 0.610. The van der Waals surface area contributed by atoms with Crippen LogP contribution in [-0.4, -0.2) is 25.3 Å². The van der Waals surface area contributed by atoms with Crippen molar-refractivity contribution in [3.05, 3.63) is 64.4 Å². The van der Waals surface area contributed by atoms with Gasteiger partial charge in [-0.15, -0.1) is 5.10 Å². The molecule has 2 heterocycles. The molecule has 0 amide bonds. The molecule has 0 saturated carbocycles. The average molecular weight is 413 g/mol. The molecule has 6 nitrogen and oxygen atoms in total. The lowest BCUT2D eigenvalue weighted by Gasteiger charge is -2.39. The number of hydrogen-bond acceptors (Lipinski definition) is 4. The van der Waals surface area contributed by atoms with E-state index >= 15 is 0 Å². The highest BCUT2D eigenvalue weighted by atomic mass is 35.5. The van der Waals surface area contributed by atoms with Gasteiger partial charge in [0.05, 0.1) is 0 Å². The number of aromatic nitrogens is 4. The minimum Gasteiger partial charge on any atom is -0.332 e. The zero-order chi connectivity index (χ0) is 19.7. The molecule has 1 unspecified atom stereocenters. The lowest BCUT2D eigenvalue weighted by atomic mass is 9.97. The first-order valence-electron chi connectivity index (χ1n) is 9.31. The van der Waals surface area contributed by atoms with Crippen molar-refractivity contribution < 1.29 is 0 Å². The molecule has 1 aromatic heterocycles. The first-order valence-corrected chi connectivity index (χ1v) is 10.1. The number of hydrogen-bond donors (Lipinski definition) is 1. The van der Waals surface area contributed by atoms with Gasteiger partial charge >= 0.3 is 0 Å². The van der Waals surface area contributed by atoms with Crippen molar-refractivity contribution in [3.63, 3.8) is 0 Å². The third kappa shape index (κ3) is 3.47. The second kappa shape index (κ2) is 7.85. The standard InChI is InChI=1S/C20H21ClN6S/c1-3-4-11-26-19(23-24-25-26)18-16-12-13(2)5-10-17(16)22-20(28)27(18)15-8-6-14(21)7-9-15/h5-10,12,18H,3-4,11H2,1-2H3,(H,22,28). The summed E-state index contributed by atoms with van der Waals surface area (Å²) in [6, 6.07) is 13.7. The Labute approximate surface area is 174 Å². The monoisotopic (exact) mass is 412 g/mol. The summed E-state index contributed by atoms with van der Waals surface area (Å²) < 4.78 is 1.89. The summed E-state index contributed by atoms with van der Waals surface area (Å²) in [5, 5.41) is 17.2. The van der Waals surface area contributed by atoms with E-state index in [1.807, 2.05) is 28.9 Å². The summed E-state index contributed by atoms with van der Waals surface area (Å²) in [7, 11) is 0. The summed E-state index contributed by atoms with van der Waals surface area (Å²) in [6.07, 6.45) is 2.08. The third-order valence-corrected chi connectivity index (χ3v) is 5.40. The maximum Gasteiger partial charge on any atom is 0.179 e. The average Bonchev–Trinajstić information content (AvgIpc) is 3.14. The number of rotatable bonds is 5. The minimum absolute atomic E-state index is 0.225. The van der Waals surface area contributed by atoms with Gasteiger partial charge in [0.25, 0.3) is 0 Å². The van der Waals surface area contributed by atoms with Gasteiger partial charge in [-0.2, -0.15) is 0 Å². The van der Waals surface area contributed by atoms with Crippen LogP contribution in [0.4, 0.5) is 11.4 Å². The Hall–Kier alpha value is -2.51. The van der Waals surface area contributed by atoms with Gasteiger partial charge < -0.3 is 10.2 Å². The number of nitrogens with zero attached hydrogens (tertiary/aromatic N) is 5. The fourth-order valence-corrected chi connectivity index (χ4v) is 3.90. The Kier molecular flexibility index (Phi) is 5.28. The van der Waals surface area contributed by atoms with E-state index in [4.69, 9.17) is 23.8 Å². The van der Waals surface area contributed by atoms with Crippen LogP contribution in [0.1, 0.15) is 42.8 Å². The maximum absolute atomic E-state index is 6.10. The minimum atomic E-state index is -0.225. The first-order chi connectivity index (χ1) is 13.6. The van der Waals surface area contributed by atoms with Crippen LogP contribution < -0.4 is 10.2 Å². The van der Waals surface area contributed by atoms with Crippen molar-refractivity contribution in [1.82, 2.24) is 20.2 Å². The number of aryl methyl sites for hydroxylation is 2. The largest absolute Gasteiger partial charge is 0.332 e. The fraction of sp³-hybridized carbons (Fsp3) is 0.300. The predicted molar refractivity (Wildman–Crippen MR) is 116 cm³/mol. The molecule has 1 aliphatic heterocycles. The van der Waals surface area contributed by atoms with Crippen LogP contribution in [0, 0.1) is 6.92 Å². The zero-order valence-electron chi connectivity index (χ0n) is 15.8. The molecule has 0 radical (unpaired) electrons. The second-order valence-corrected chi connectivity index (χ2v) is 7.71. The molecule has 0 saturated heterocycles. The molecule has 0 spiro atoms. The van der Waals surface area contributed by atoms with E-state index in [1.54, 1.807) is 0 Å². The van der Waals surface area contributed by atoms with Crippen LogP contribution >= 0.6 is 23.8 Å². The number of anilines is 2. The summed E-state index contributed by atoms with van der Waals surface area (Å²) in [4.78, 5) is 2.06. The van der Waals surface area contributed by atoms with Crippen molar-refractivity contribution in [3.8, 4) is 0 Å². The number of fused-ring (bicyclic) bond motifs is 1. The van der Waals surface area contributed by atoms with Crippen LogP contribution in [-0.2, 0) is 6.54 Å². The van der Waals surface area contributed by atoms with E-state index in [-0.39, 0.29) is 6.04 Å². The smallest absolute Gasteiger partial charge is 0.179 e. The molecule has 2 aromatic carbocycles. The molecule has 0 fully saturated rings. The molecule has 1 atom stereocenters. The second-order valence-electron chi connectivity index (χ2n) is 6.88. The molecule has 4 rings (SSSR count). The summed E-state index contributed by atoms with van der Waals surface area (Å²) in [5.74, 6) is 0.777. The molecule has 1 aliphatic rings. The van der Waals surface area contributed by atoms with E-state index < -0.39 is 0 Å². The SMILES string of the molecule is CCCCn1nnnc1C1c2cc(C)ccc2NC(=S)N1c1ccc(Cl)cc1. The molecule has 144 valence electrons. The van der Waals surface area contributed by atoms with Gasteiger partial charge in [0.1, 0.15) is 6.04 Å². The van der Waals surface area contributed by atoms with E-state index in [2.05, 4.69) is 57.8 Å². The summed E-state index contributed by atoms with van der Waals surface area (Å²) in [5.41, 5.74) is 4.18. The number of tetrazole rings is 1. The van der Waals surface area contributed by atoms with Crippen molar-refractivity contribution in [2.24, 2.45) is 0 Å². The van der Waals surface area contributed by atoms with Gasteiger partial charge in [-0.25, -0.2) is 4.68 Å². The van der Waals surface area contributed by atoms with Gasteiger partial charge in [-0.05, 0) is 66.3 Å². The normalized spacial score (nSPS) is 16.0. The van der Waals surface area contributed by atoms with E-state index in [0.29, 0.717) is 10.1 Å². The molecular weight excluding hydrogens is 392 g/mol. The molecular formula is C20H21ClN6S. The Morgan fingerprint density at radius 3 is 2.71 bits per heavy atom. The van der Waals surface area contributed by atoms with Crippen LogP contribution in [0.15, 0.2) is 42.5 Å². The Morgan fingerprint density at radius 1 is 1.18 bits per heavy atom. The Morgan fingerprint density at radius 2 is 1.96 bits per heavy atom. The fourth-order valence-electron chi connectivity index (χ4n) is 3.45.